The smallest absolute Gasteiger partial charge is 0.0181 e. The van der Waals surface area contributed by atoms with Gasteiger partial charge in [0.2, 0.25) is 0 Å². The van der Waals surface area contributed by atoms with Crippen LogP contribution in [0.25, 0.3) is 33.4 Å². The maximum atomic E-state index is 3.65. The summed E-state index contributed by atoms with van der Waals surface area (Å²) in [4.78, 5) is 0. The zero-order valence-electron chi connectivity index (χ0n) is 19.2. The van der Waals surface area contributed by atoms with Crippen molar-refractivity contribution < 1.29 is 24.2 Å². The molecule has 0 heterocycles. The van der Waals surface area contributed by atoms with Gasteiger partial charge in [-0.1, -0.05) is 95.6 Å². The number of allylic oxidation sites excluding steroid dienone is 4. The molecule has 1 fully saturated rings. The average Bonchev–Trinajstić information content (AvgIpc) is 3.34. The van der Waals surface area contributed by atoms with E-state index in [9.17, 15) is 0 Å². The van der Waals surface area contributed by atoms with Gasteiger partial charge >= 0.3 is 40.3 Å². The molecule has 0 radical (unpaired) electrons. The molecule has 7 rings (SSSR count). The maximum absolute atomic E-state index is 3.65. The SMILES string of the molecule is [C-]1=CC=CC1.[Zr+2]=[C]1CC1.[c-]1c(-c2ccccc2)ccc2c1Cc1cc(-c3ccccc3)ccc1-2. The Morgan fingerprint density at radius 3 is 1.94 bits per heavy atom. The van der Waals surface area contributed by atoms with Crippen LogP contribution in [0.2, 0.25) is 0 Å². The fourth-order valence-corrected chi connectivity index (χ4v) is 4.43. The third-order valence-corrected chi connectivity index (χ3v) is 7.30. The van der Waals surface area contributed by atoms with Gasteiger partial charge in [-0.25, -0.2) is 12.2 Å². The van der Waals surface area contributed by atoms with Crippen LogP contribution in [-0.4, -0.2) is 3.21 Å². The van der Waals surface area contributed by atoms with Crippen molar-refractivity contribution in [1.82, 2.24) is 0 Å². The average molecular weight is 514 g/mol. The van der Waals surface area contributed by atoms with E-state index in [-0.39, 0.29) is 0 Å². The molecule has 0 saturated heterocycles. The van der Waals surface area contributed by atoms with Crippen LogP contribution in [0.5, 0.6) is 0 Å². The summed E-state index contributed by atoms with van der Waals surface area (Å²) in [5.41, 5.74) is 10.4. The van der Waals surface area contributed by atoms with Crippen LogP contribution >= 0.6 is 0 Å². The third kappa shape index (κ3) is 5.78. The Morgan fingerprint density at radius 1 is 0.676 bits per heavy atom. The Morgan fingerprint density at radius 2 is 1.35 bits per heavy atom. The van der Waals surface area contributed by atoms with E-state index in [0.717, 1.165) is 12.8 Å². The van der Waals surface area contributed by atoms with E-state index < -0.39 is 0 Å². The summed E-state index contributed by atoms with van der Waals surface area (Å²) < 4.78 is 1.76. The summed E-state index contributed by atoms with van der Waals surface area (Å²) in [6.45, 7) is 0. The monoisotopic (exact) mass is 512 g/mol. The first kappa shape index (κ1) is 22.9. The summed E-state index contributed by atoms with van der Waals surface area (Å²) in [5, 5.41) is 0. The number of fused-ring (bicyclic) bond motifs is 3. The molecule has 0 spiro atoms. The van der Waals surface area contributed by atoms with Gasteiger partial charge in [0, 0.05) is 0 Å². The first-order chi connectivity index (χ1) is 16.8. The number of hydrogen-bond acceptors (Lipinski definition) is 0. The quantitative estimate of drug-likeness (QED) is 0.209. The molecule has 0 atom stereocenters. The molecule has 0 nitrogen and oxygen atoms in total. The van der Waals surface area contributed by atoms with Crippen LogP contribution < -0.4 is 0 Å². The van der Waals surface area contributed by atoms with Crippen LogP contribution in [0.1, 0.15) is 30.4 Å². The molecule has 0 N–H and O–H groups in total. The molecule has 1 saturated carbocycles. The normalized spacial score (nSPS) is 13.9. The zero-order valence-corrected chi connectivity index (χ0v) is 21.7. The minimum atomic E-state index is 0.964. The van der Waals surface area contributed by atoms with Gasteiger partial charge in [0.1, 0.15) is 0 Å². The van der Waals surface area contributed by atoms with Gasteiger partial charge < -0.3 is 0 Å². The summed E-state index contributed by atoms with van der Waals surface area (Å²) in [7, 11) is 0. The number of benzene rings is 4. The summed E-state index contributed by atoms with van der Waals surface area (Å²) in [6.07, 6.45) is 13.8. The van der Waals surface area contributed by atoms with Crippen molar-refractivity contribution in [2.75, 3.05) is 0 Å². The minimum Gasteiger partial charge on any atom is -0.143 e. The van der Waals surface area contributed by atoms with E-state index in [4.69, 9.17) is 0 Å². The van der Waals surface area contributed by atoms with E-state index in [0.29, 0.717) is 0 Å². The van der Waals surface area contributed by atoms with Crippen LogP contribution in [0, 0.1) is 12.1 Å². The van der Waals surface area contributed by atoms with E-state index in [1.165, 1.54) is 57.3 Å². The largest absolute Gasteiger partial charge is 0.143 e. The molecule has 0 amide bonds. The van der Waals surface area contributed by atoms with Gasteiger partial charge in [-0.3, -0.25) is 6.08 Å². The number of rotatable bonds is 2. The summed E-state index contributed by atoms with van der Waals surface area (Å²) in [5.74, 6) is 0. The predicted molar refractivity (Wildman–Crippen MR) is 140 cm³/mol. The first-order valence-corrected chi connectivity index (χ1v) is 13.1. The molecule has 162 valence electrons. The Bertz CT molecular complexity index is 1240. The Kier molecular flexibility index (Phi) is 7.42. The van der Waals surface area contributed by atoms with Crippen molar-refractivity contribution in [3.63, 3.8) is 0 Å². The molecule has 0 aliphatic heterocycles. The van der Waals surface area contributed by atoms with Crippen molar-refractivity contribution in [2.24, 2.45) is 0 Å². The second-order valence-corrected chi connectivity index (χ2v) is 10.4. The zero-order chi connectivity index (χ0) is 23.2. The Balaban J connectivity index is 0.000000223. The van der Waals surface area contributed by atoms with Crippen molar-refractivity contribution in [2.45, 2.75) is 25.7 Å². The molecule has 4 aromatic rings. The molecule has 34 heavy (non-hydrogen) atoms. The molecule has 3 aliphatic carbocycles. The van der Waals surface area contributed by atoms with Gasteiger partial charge in [0.05, 0.1) is 0 Å². The van der Waals surface area contributed by atoms with Crippen molar-refractivity contribution in [1.29, 1.82) is 0 Å². The van der Waals surface area contributed by atoms with Crippen LogP contribution in [0.4, 0.5) is 0 Å². The standard InChI is InChI=1S/C25H17.C5H5.C3H4.Zr/c1-3-7-18(8-4-1)20-11-13-24-22(15-20)17-23-16-21(12-14-25(23)24)19-9-5-2-6-10-19;1-2-4-5-3-1;1-2-3-1;/h1-15H,17H2;1-3H,4H2;1-2H2;/q2*-1;;+2. The predicted octanol–water partition coefficient (Wildman–Crippen LogP) is 8.20. The van der Waals surface area contributed by atoms with Gasteiger partial charge in [0.15, 0.2) is 0 Å². The molecule has 0 unspecified atom stereocenters. The van der Waals surface area contributed by atoms with Crippen molar-refractivity contribution in [3.05, 3.63) is 132 Å². The molecular weight excluding hydrogens is 488 g/mol. The maximum Gasteiger partial charge on any atom is -0.0181 e. The summed E-state index contributed by atoms with van der Waals surface area (Å²) >= 11 is 1.66. The topological polar surface area (TPSA) is 0 Å². The first-order valence-electron chi connectivity index (χ1n) is 11.9. The molecule has 0 bridgehead atoms. The Labute approximate surface area is 218 Å². The molecule has 3 aliphatic rings. The Hall–Kier alpha value is -2.89. The third-order valence-electron chi connectivity index (χ3n) is 6.07. The second-order valence-electron chi connectivity index (χ2n) is 8.65. The molecular formula is C33H26Zr. The van der Waals surface area contributed by atoms with E-state index >= 15 is 0 Å². The van der Waals surface area contributed by atoms with Gasteiger partial charge in [-0.15, -0.1) is 35.7 Å². The van der Waals surface area contributed by atoms with Crippen LogP contribution in [-0.2, 0) is 30.7 Å². The van der Waals surface area contributed by atoms with E-state index in [1.54, 1.807) is 27.4 Å². The van der Waals surface area contributed by atoms with Crippen molar-refractivity contribution >= 4 is 3.21 Å². The van der Waals surface area contributed by atoms with E-state index in [1.807, 2.05) is 12.2 Å². The fraction of sp³-hybridized carbons (Fsp3) is 0.121. The van der Waals surface area contributed by atoms with Gasteiger partial charge in [-0.05, 0) is 23.1 Å². The van der Waals surface area contributed by atoms with Gasteiger partial charge in [0.25, 0.3) is 0 Å². The van der Waals surface area contributed by atoms with Crippen LogP contribution in [0.3, 0.4) is 0 Å². The number of hydrogen-bond donors (Lipinski definition) is 0. The fourth-order valence-electron chi connectivity index (χ4n) is 4.12. The second kappa shape index (κ2) is 11.0. The molecule has 0 aromatic heterocycles. The van der Waals surface area contributed by atoms with Crippen molar-refractivity contribution in [3.8, 4) is 33.4 Å². The van der Waals surface area contributed by atoms with E-state index in [2.05, 4.69) is 109 Å². The summed E-state index contributed by atoms with van der Waals surface area (Å²) in [6, 6.07) is 36.0. The minimum absolute atomic E-state index is 0.964. The molecule has 4 aromatic carbocycles. The van der Waals surface area contributed by atoms with Crippen LogP contribution in [0.15, 0.2) is 109 Å². The molecule has 1 heteroatoms. The van der Waals surface area contributed by atoms with Gasteiger partial charge in [-0.2, -0.15) is 6.08 Å².